The number of hydrogen-bond acceptors (Lipinski definition) is 3. The minimum Gasteiger partial charge on any atom is -0.380 e. The van der Waals surface area contributed by atoms with Crippen LogP contribution in [0.2, 0.25) is 0 Å². The Bertz CT molecular complexity index is 147. The Kier molecular flexibility index (Phi) is 1.96. The standard InChI is InChI=1S/C6H9NOS/c1-6(2-7-5-9)3-8-4-6/h2-4H2,1H3. The van der Waals surface area contributed by atoms with Crippen molar-refractivity contribution in [1.29, 1.82) is 0 Å². The third-order valence-corrected chi connectivity index (χ3v) is 1.56. The van der Waals surface area contributed by atoms with E-state index in [0.717, 1.165) is 19.8 Å². The Morgan fingerprint density at radius 2 is 2.44 bits per heavy atom. The molecule has 0 unspecified atom stereocenters. The summed E-state index contributed by atoms with van der Waals surface area (Å²) >= 11 is 4.43. The van der Waals surface area contributed by atoms with Gasteiger partial charge in [0.25, 0.3) is 0 Å². The van der Waals surface area contributed by atoms with E-state index < -0.39 is 0 Å². The molecule has 0 aromatic carbocycles. The average Bonchev–Trinajstić information content (AvgIpc) is 1.79. The summed E-state index contributed by atoms with van der Waals surface area (Å²) in [6.45, 7) is 4.52. The maximum Gasteiger partial charge on any atom is 0.0590 e. The normalized spacial score (nSPS) is 21.9. The average molecular weight is 143 g/mol. The largest absolute Gasteiger partial charge is 0.380 e. The molecule has 0 spiro atoms. The number of isothiocyanates is 1. The van der Waals surface area contributed by atoms with Gasteiger partial charge < -0.3 is 4.74 Å². The quantitative estimate of drug-likeness (QED) is 0.427. The van der Waals surface area contributed by atoms with Gasteiger partial charge >= 0.3 is 0 Å². The van der Waals surface area contributed by atoms with Crippen LogP contribution in [0.3, 0.4) is 0 Å². The van der Waals surface area contributed by atoms with Crippen LogP contribution in [0.25, 0.3) is 0 Å². The molecule has 1 rings (SSSR count). The molecule has 0 aromatic heterocycles. The van der Waals surface area contributed by atoms with E-state index in [-0.39, 0.29) is 5.41 Å². The van der Waals surface area contributed by atoms with Crippen molar-refractivity contribution in [3.63, 3.8) is 0 Å². The van der Waals surface area contributed by atoms with Crippen molar-refractivity contribution >= 4 is 17.4 Å². The summed E-state index contributed by atoms with van der Waals surface area (Å²) in [6, 6.07) is 0. The van der Waals surface area contributed by atoms with Gasteiger partial charge in [0, 0.05) is 5.41 Å². The molecule has 0 saturated carbocycles. The van der Waals surface area contributed by atoms with Gasteiger partial charge in [0.1, 0.15) is 0 Å². The first-order valence-electron chi connectivity index (χ1n) is 2.88. The van der Waals surface area contributed by atoms with E-state index >= 15 is 0 Å². The maximum absolute atomic E-state index is 5.01. The number of aliphatic imine (C=N–C) groups is 1. The summed E-state index contributed by atoms with van der Waals surface area (Å²) in [5, 5.41) is 2.34. The predicted molar refractivity (Wildman–Crippen MR) is 38.8 cm³/mol. The highest BCUT2D eigenvalue weighted by atomic mass is 32.1. The van der Waals surface area contributed by atoms with Crippen LogP contribution < -0.4 is 0 Å². The van der Waals surface area contributed by atoms with Crippen LogP contribution in [0.1, 0.15) is 6.92 Å². The molecule has 3 heteroatoms. The molecule has 1 heterocycles. The van der Waals surface area contributed by atoms with Gasteiger partial charge in [-0.3, -0.25) is 0 Å². The molecule has 0 bridgehead atoms. The molecule has 50 valence electrons. The molecule has 1 saturated heterocycles. The van der Waals surface area contributed by atoms with Crippen molar-refractivity contribution < 1.29 is 4.74 Å². The molecule has 0 aliphatic carbocycles. The summed E-state index contributed by atoms with van der Waals surface area (Å²) in [5.74, 6) is 0. The molecule has 9 heavy (non-hydrogen) atoms. The lowest BCUT2D eigenvalue weighted by atomic mass is 9.89. The van der Waals surface area contributed by atoms with E-state index in [9.17, 15) is 0 Å². The Morgan fingerprint density at radius 1 is 1.78 bits per heavy atom. The fourth-order valence-electron chi connectivity index (χ4n) is 0.765. The summed E-state index contributed by atoms with van der Waals surface area (Å²) in [5.41, 5.74) is 0.256. The Morgan fingerprint density at radius 3 is 2.78 bits per heavy atom. The molecule has 1 aliphatic heterocycles. The van der Waals surface area contributed by atoms with Crippen LogP contribution in [0.4, 0.5) is 0 Å². The van der Waals surface area contributed by atoms with Gasteiger partial charge in [0.15, 0.2) is 0 Å². The first-order chi connectivity index (χ1) is 4.27. The molecule has 0 radical (unpaired) electrons. The van der Waals surface area contributed by atoms with Gasteiger partial charge in [-0.15, -0.1) is 0 Å². The van der Waals surface area contributed by atoms with E-state index in [0.29, 0.717) is 0 Å². The minimum absolute atomic E-state index is 0.256. The first kappa shape index (κ1) is 6.87. The number of nitrogens with zero attached hydrogens (tertiary/aromatic N) is 1. The highest BCUT2D eigenvalue weighted by Crippen LogP contribution is 2.26. The second kappa shape index (κ2) is 2.56. The molecule has 2 nitrogen and oxygen atoms in total. The molecular weight excluding hydrogens is 134 g/mol. The molecule has 0 atom stereocenters. The number of thiocarbonyl (C=S) groups is 1. The van der Waals surface area contributed by atoms with Crippen LogP contribution in [0, 0.1) is 5.41 Å². The molecule has 0 aromatic rings. The lowest BCUT2D eigenvalue weighted by Gasteiger charge is -2.36. The lowest BCUT2D eigenvalue weighted by molar-refractivity contribution is -0.0943. The summed E-state index contributed by atoms with van der Waals surface area (Å²) in [7, 11) is 0. The second-order valence-corrected chi connectivity index (χ2v) is 2.89. The molecule has 0 N–H and O–H groups in total. The van der Waals surface area contributed by atoms with Crippen LogP contribution in [-0.4, -0.2) is 24.9 Å². The molecular formula is C6H9NOS. The Balaban J connectivity index is 2.32. The predicted octanol–water partition coefficient (Wildman–Crippen LogP) is 1.13. The number of rotatable bonds is 2. The smallest absolute Gasteiger partial charge is 0.0590 e. The van der Waals surface area contributed by atoms with Crippen molar-refractivity contribution in [2.24, 2.45) is 10.4 Å². The monoisotopic (exact) mass is 143 g/mol. The highest BCUT2D eigenvalue weighted by Gasteiger charge is 2.32. The minimum atomic E-state index is 0.256. The first-order valence-corrected chi connectivity index (χ1v) is 3.29. The molecule has 1 aliphatic rings. The lowest BCUT2D eigenvalue weighted by Crippen LogP contribution is -2.42. The zero-order valence-electron chi connectivity index (χ0n) is 5.39. The van der Waals surface area contributed by atoms with Crippen LogP contribution in [0.15, 0.2) is 4.99 Å². The van der Waals surface area contributed by atoms with E-state index in [1.54, 1.807) is 0 Å². The third kappa shape index (κ3) is 1.58. The Labute approximate surface area is 59.9 Å². The number of hydrogen-bond donors (Lipinski definition) is 0. The SMILES string of the molecule is CC1(CN=C=S)COC1. The fraction of sp³-hybridized carbons (Fsp3) is 0.833. The zero-order valence-corrected chi connectivity index (χ0v) is 6.20. The van der Waals surface area contributed by atoms with Crippen molar-refractivity contribution in [2.45, 2.75) is 6.92 Å². The third-order valence-electron chi connectivity index (χ3n) is 1.43. The van der Waals surface area contributed by atoms with E-state index in [1.165, 1.54) is 0 Å². The summed E-state index contributed by atoms with van der Waals surface area (Å²) in [4.78, 5) is 3.85. The van der Waals surface area contributed by atoms with Crippen LogP contribution >= 0.6 is 12.2 Å². The topological polar surface area (TPSA) is 21.6 Å². The van der Waals surface area contributed by atoms with Crippen molar-refractivity contribution in [3.8, 4) is 0 Å². The van der Waals surface area contributed by atoms with Crippen molar-refractivity contribution in [1.82, 2.24) is 0 Å². The van der Waals surface area contributed by atoms with Gasteiger partial charge in [-0.2, -0.15) is 0 Å². The van der Waals surface area contributed by atoms with Gasteiger partial charge in [-0.05, 0) is 12.2 Å². The maximum atomic E-state index is 5.01. The number of ether oxygens (including phenoxy) is 1. The highest BCUT2D eigenvalue weighted by molar-refractivity contribution is 7.78. The summed E-state index contributed by atoms with van der Waals surface area (Å²) in [6.07, 6.45) is 0. The Hall–Kier alpha value is -0.240. The van der Waals surface area contributed by atoms with Crippen LogP contribution in [-0.2, 0) is 4.74 Å². The molecule has 0 amide bonds. The van der Waals surface area contributed by atoms with Crippen molar-refractivity contribution in [2.75, 3.05) is 19.8 Å². The molecule has 1 fully saturated rings. The zero-order chi connectivity index (χ0) is 6.74. The van der Waals surface area contributed by atoms with Crippen LogP contribution in [0.5, 0.6) is 0 Å². The van der Waals surface area contributed by atoms with Crippen molar-refractivity contribution in [3.05, 3.63) is 0 Å². The van der Waals surface area contributed by atoms with Gasteiger partial charge in [0.05, 0.1) is 24.9 Å². The summed E-state index contributed by atoms with van der Waals surface area (Å²) < 4.78 is 5.01. The second-order valence-electron chi connectivity index (χ2n) is 2.71. The van der Waals surface area contributed by atoms with E-state index in [2.05, 4.69) is 29.3 Å². The van der Waals surface area contributed by atoms with Gasteiger partial charge in [-0.25, -0.2) is 4.99 Å². The van der Waals surface area contributed by atoms with Gasteiger partial charge in [-0.1, -0.05) is 6.92 Å². The van der Waals surface area contributed by atoms with Gasteiger partial charge in [0.2, 0.25) is 0 Å². The van der Waals surface area contributed by atoms with E-state index in [1.807, 2.05) is 0 Å². The fourth-order valence-corrected chi connectivity index (χ4v) is 0.829. The van der Waals surface area contributed by atoms with E-state index in [4.69, 9.17) is 4.74 Å².